The van der Waals surface area contributed by atoms with E-state index in [-0.39, 0.29) is 11.6 Å². The Hall–Kier alpha value is -3.88. The number of nitrogens with zero attached hydrogens (tertiary/aromatic N) is 1. The van der Waals surface area contributed by atoms with Gasteiger partial charge in [-0.05, 0) is 52.9 Å². The second-order valence-corrected chi connectivity index (χ2v) is 7.35. The van der Waals surface area contributed by atoms with Gasteiger partial charge in [-0.25, -0.2) is 18.4 Å². The van der Waals surface area contributed by atoms with E-state index in [1.807, 2.05) is 30.2 Å². The van der Waals surface area contributed by atoms with Crippen molar-refractivity contribution in [3.05, 3.63) is 108 Å². The molecule has 0 aliphatic rings. The molecule has 0 atom stereocenters. The number of halogens is 2. The first kappa shape index (κ1) is 27.4. The van der Waals surface area contributed by atoms with Gasteiger partial charge < -0.3 is 10.2 Å². The van der Waals surface area contributed by atoms with Gasteiger partial charge in [-0.2, -0.15) is 5.06 Å². The lowest BCUT2D eigenvalue weighted by atomic mass is 10.00. The largest absolute Gasteiger partial charge is 0.478 e. The normalized spacial score (nSPS) is 10.7. The molecule has 0 amide bonds. The summed E-state index contributed by atoms with van der Waals surface area (Å²) >= 11 is 0. The lowest BCUT2D eigenvalue weighted by Crippen LogP contribution is -2.26. The molecule has 3 rings (SSSR count). The number of carboxylic acid groups (broad SMARTS) is 2. The molecule has 35 heavy (non-hydrogen) atoms. The Kier molecular flexibility index (Phi) is 11.3. The predicted molar refractivity (Wildman–Crippen MR) is 128 cm³/mol. The lowest BCUT2D eigenvalue weighted by Gasteiger charge is -2.21. The van der Waals surface area contributed by atoms with Crippen molar-refractivity contribution in [1.29, 1.82) is 0 Å². The van der Waals surface area contributed by atoms with Crippen LogP contribution >= 0.6 is 0 Å². The van der Waals surface area contributed by atoms with Crippen LogP contribution in [0.1, 0.15) is 18.1 Å². The van der Waals surface area contributed by atoms with Crippen molar-refractivity contribution < 1.29 is 33.4 Å². The maximum absolute atomic E-state index is 13.8. The van der Waals surface area contributed by atoms with Crippen LogP contribution in [0.2, 0.25) is 0 Å². The smallest absolute Gasteiger partial charge is 0.328 e. The molecule has 0 fully saturated rings. The fourth-order valence-electron chi connectivity index (χ4n) is 3.09. The van der Waals surface area contributed by atoms with E-state index in [2.05, 4.69) is 12.1 Å². The summed E-state index contributed by atoms with van der Waals surface area (Å²) in [5.74, 6) is -3.15. The summed E-state index contributed by atoms with van der Waals surface area (Å²) in [6.07, 6.45) is 2.01. The molecule has 0 bridgehead atoms. The molecule has 0 aromatic heterocycles. The number of carboxylic acids is 2. The number of hydrogen-bond acceptors (Lipinski definition) is 4. The number of hydrogen-bond donors (Lipinski definition) is 2. The predicted octanol–water partition coefficient (Wildman–Crippen LogP) is 5.34. The van der Waals surface area contributed by atoms with Crippen LogP contribution in [0.3, 0.4) is 0 Å². The van der Waals surface area contributed by atoms with Gasteiger partial charge in [0, 0.05) is 25.2 Å². The van der Waals surface area contributed by atoms with Crippen LogP contribution in [-0.4, -0.2) is 40.3 Å². The molecule has 0 saturated heterocycles. The van der Waals surface area contributed by atoms with Gasteiger partial charge in [0.25, 0.3) is 0 Å². The Morgan fingerprint density at radius 3 is 2.06 bits per heavy atom. The first-order valence-electron chi connectivity index (χ1n) is 10.9. The van der Waals surface area contributed by atoms with Gasteiger partial charge in [-0.3, -0.25) is 4.84 Å². The van der Waals surface area contributed by atoms with Crippen LogP contribution < -0.4 is 0 Å². The third kappa shape index (κ3) is 10.3. The van der Waals surface area contributed by atoms with E-state index in [1.165, 1.54) is 29.8 Å². The molecule has 8 heteroatoms. The molecule has 0 heterocycles. The standard InChI is InChI=1S/C23H23F2NO.C4H4O4/c1-2-26(15-14-18-6-4-3-5-7-18)27-17-20-10-13-22(25)16-23(20)19-8-11-21(24)12-9-19;5-3(6)1-2-4(7)8/h3-13,16H,2,14-15,17H2,1H3;1-2H,(H,5,6)(H,7,8). The number of carbonyl (C=O) groups is 2. The van der Waals surface area contributed by atoms with Crippen LogP contribution in [0.4, 0.5) is 8.78 Å². The van der Waals surface area contributed by atoms with Gasteiger partial charge in [0.2, 0.25) is 0 Å². The average Bonchev–Trinajstić information content (AvgIpc) is 2.85. The number of rotatable bonds is 10. The highest BCUT2D eigenvalue weighted by Gasteiger charge is 2.10. The van der Waals surface area contributed by atoms with Crippen molar-refractivity contribution in [2.24, 2.45) is 0 Å². The van der Waals surface area contributed by atoms with E-state index in [0.29, 0.717) is 24.3 Å². The van der Waals surface area contributed by atoms with Crippen molar-refractivity contribution in [3.8, 4) is 11.1 Å². The SMILES string of the molecule is CCN(CCc1ccccc1)OCc1ccc(F)cc1-c1ccc(F)cc1.O=C(O)C=CC(=O)O. The highest BCUT2D eigenvalue weighted by Crippen LogP contribution is 2.26. The molecular weight excluding hydrogens is 456 g/mol. The van der Waals surface area contributed by atoms with E-state index in [1.54, 1.807) is 18.2 Å². The maximum atomic E-state index is 13.8. The van der Waals surface area contributed by atoms with Crippen LogP contribution in [-0.2, 0) is 27.5 Å². The fourth-order valence-corrected chi connectivity index (χ4v) is 3.09. The Labute approximate surface area is 202 Å². The van der Waals surface area contributed by atoms with E-state index in [9.17, 15) is 18.4 Å². The number of hydroxylamine groups is 2. The van der Waals surface area contributed by atoms with E-state index < -0.39 is 11.9 Å². The molecule has 2 N–H and O–H groups in total. The second kappa shape index (κ2) is 14.4. The Bertz CT molecular complexity index is 1100. The zero-order chi connectivity index (χ0) is 25.6. The van der Waals surface area contributed by atoms with Crippen molar-refractivity contribution in [2.75, 3.05) is 13.1 Å². The average molecular weight is 484 g/mol. The van der Waals surface area contributed by atoms with Gasteiger partial charge >= 0.3 is 11.9 Å². The van der Waals surface area contributed by atoms with Gasteiger partial charge in [-0.1, -0.05) is 55.5 Å². The number of benzene rings is 3. The molecule has 0 spiro atoms. The van der Waals surface area contributed by atoms with Crippen LogP contribution in [0, 0.1) is 11.6 Å². The third-order valence-electron chi connectivity index (χ3n) is 4.84. The van der Waals surface area contributed by atoms with Gasteiger partial charge in [-0.15, -0.1) is 0 Å². The van der Waals surface area contributed by atoms with E-state index >= 15 is 0 Å². The molecule has 0 aliphatic carbocycles. The summed E-state index contributed by atoms with van der Waals surface area (Å²) in [6, 6.07) is 20.9. The summed E-state index contributed by atoms with van der Waals surface area (Å²) in [4.78, 5) is 25.1. The highest BCUT2D eigenvalue weighted by atomic mass is 19.1. The van der Waals surface area contributed by atoms with Gasteiger partial charge in [0.05, 0.1) is 6.61 Å². The van der Waals surface area contributed by atoms with Crippen LogP contribution in [0.15, 0.2) is 84.9 Å². The van der Waals surface area contributed by atoms with Crippen molar-refractivity contribution in [2.45, 2.75) is 20.0 Å². The lowest BCUT2D eigenvalue weighted by molar-refractivity contribution is -0.165. The van der Waals surface area contributed by atoms with Crippen molar-refractivity contribution in [1.82, 2.24) is 5.06 Å². The molecule has 0 aliphatic heterocycles. The van der Waals surface area contributed by atoms with E-state index in [4.69, 9.17) is 15.1 Å². The first-order valence-corrected chi connectivity index (χ1v) is 10.9. The minimum absolute atomic E-state index is 0.314. The molecular formula is C27H27F2NO5. The van der Waals surface area contributed by atoms with Crippen LogP contribution in [0.5, 0.6) is 0 Å². The highest BCUT2D eigenvalue weighted by molar-refractivity contribution is 5.89. The number of likely N-dealkylation sites (N-methyl/N-ethyl adjacent to an activating group) is 1. The minimum atomic E-state index is -1.26. The molecule has 3 aromatic carbocycles. The van der Waals surface area contributed by atoms with Crippen molar-refractivity contribution in [3.63, 3.8) is 0 Å². The number of aliphatic carboxylic acids is 2. The zero-order valence-electron chi connectivity index (χ0n) is 19.2. The zero-order valence-corrected chi connectivity index (χ0v) is 19.2. The molecule has 3 aromatic rings. The molecule has 0 unspecified atom stereocenters. The Morgan fingerprint density at radius 1 is 0.886 bits per heavy atom. The second-order valence-electron chi connectivity index (χ2n) is 7.35. The van der Waals surface area contributed by atoms with Gasteiger partial charge in [0.1, 0.15) is 11.6 Å². The summed E-state index contributed by atoms with van der Waals surface area (Å²) in [7, 11) is 0. The Morgan fingerprint density at radius 2 is 1.49 bits per heavy atom. The third-order valence-corrected chi connectivity index (χ3v) is 4.84. The monoisotopic (exact) mass is 483 g/mol. The first-order chi connectivity index (χ1) is 16.8. The summed E-state index contributed by atoms with van der Waals surface area (Å²) in [5.41, 5.74) is 3.60. The molecule has 0 saturated carbocycles. The summed E-state index contributed by atoms with van der Waals surface area (Å²) in [5, 5.41) is 17.5. The fraction of sp³-hybridized carbons (Fsp3) is 0.185. The van der Waals surface area contributed by atoms with Crippen LogP contribution in [0.25, 0.3) is 11.1 Å². The molecule has 184 valence electrons. The van der Waals surface area contributed by atoms with Gasteiger partial charge in [0.15, 0.2) is 0 Å². The quantitative estimate of drug-likeness (QED) is 0.299. The summed E-state index contributed by atoms with van der Waals surface area (Å²) in [6.45, 7) is 3.89. The topological polar surface area (TPSA) is 87.1 Å². The minimum Gasteiger partial charge on any atom is -0.478 e. The Balaban J connectivity index is 0.000000466. The van der Waals surface area contributed by atoms with E-state index in [0.717, 1.165) is 30.6 Å². The van der Waals surface area contributed by atoms with Crippen molar-refractivity contribution >= 4 is 11.9 Å². The maximum Gasteiger partial charge on any atom is 0.328 e. The molecule has 6 nitrogen and oxygen atoms in total. The molecule has 0 radical (unpaired) electrons. The summed E-state index contributed by atoms with van der Waals surface area (Å²) < 4.78 is 27.0.